The van der Waals surface area contributed by atoms with Crippen molar-refractivity contribution in [2.45, 2.75) is 32.7 Å². The first-order valence-corrected chi connectivity index (χ1v) is 6.60. The Morgan fingerprint density at radius 1 is 1.22 bits per heavy atom. The van der Waals surface area contributed by atoms with E-state index < -0.39 is 0 Å². The lowest BCUT2D eigenvalue weighted by Gasteiger charge is -2.39. The van der Waals surface area contributed by atoms with Crippen LogP contribution in [0.5, 0.6) is 0 Å². The summed E-state index contributed by atoms with van der Waals surface area (Å²) in [7, 11) is 0. The lowest BCUT2D eigenvalue weighted by molar-refractivity contribution is 0.101. The maximum atomic E-state index is 11.3. The van der Waals surface area contributed by atoms with Gasteiger partial charge in [0.25, 0.3) is 0 Å². The average molecular weight is 246 g/mol. The highest BCUT2D eigenvalue weighted by atomic mass is 16.1. The van der Waals surface area contributed by atoms with Gasteiger partial charge >= 0.3 is 0 Å². The Hall–Kier alpha value is -1.35. The molecule has 0 bridgehead atoms. The van der Waals surface area contributed by atoms with Crippen molar-refractivity contribution in [2.75, 3.05) is 24.5 Å². The second-order valence-corrected chi connectivity index (χ2v) is 5.57. The van der Waals surface area contributed by atoms with E-state index in [1.807, 2.05) is 12.1 Å². The number of Topliss-reactive ketones (excluding diaryl/α,β-unsaturated/α-hetero) is 1. The molecule has 1 fully saturated rings. The fourth-order valence-corrected chi connectivity index (χ4v) is 2.50. The molecule has 1 aliphatic rings. The van der Waals surface area contributed by atoms with Gasteiger partial charge in [-0.15, -0.1) is 0 Å². The number of hydrogen-bond donors (Lipinski definition) is 1. The van der Waals surface area contributed by atoms with Crippen LogP contribution in [0.2, 0.25) is 0 Å². The quantitative estimate of drug-likeness (QED) is 0.814. The Balaban J connectivity index is 2.25. The van der Waals surface area contributed by atoms with Crippen LogP contribution in [0.25, 0.3) is 0 Å². The van der Waals surface area contributed by atoms with Crippen molar-refractivity contribution in [1.29, 1.82) is 0 Å². The molecular formula is C15H22N2O. The Morgan fingerprint density at radius 2 is 1.89 bits per heavy atom. The number of benzene rings is 1. The highest BCUT2D eigenvalue weighted by Gasteiger charge is 2.28. The first-order chi connectivity index (χ1) is 8.50. The molecule has 0 amide bonds. The van der Waals surface area contributed by atoms with Crippen molar-refractivity contribution in [3.05, 3.63) is 29.8 Å². The molecule has 0 aromatic heterocycles. The molecule has 0 saturated carbocycles. The maximum Gasteiger partial charge on any atom is 0.159 e. The van der Waals surface area contributed by atoms with Gasteiger partial charge in [0.1, 0.15) is 0 Å². The molecule has 1 aromatic rings. The minimum atomic E-state index is 0.123. The van der Waals surface area contributed by atoms with Gasteiger partial charge in [0, 0.05) is 29.9 Å². The van der Waals surface area contributed by atoms with Crippen LogP contribution in [0.1, 0.15) is 37.6 Å². The molecule has 0 unspecified atom stereocenters. The number of nitrogens with zero attached hydrogens (tertiary/aromatic N) is 1. The summed E-state index contributed by atoms with van der Waals surface area (Å²) >= 11 is 0. The average Bonchev–Trinajstić information content (AvgIpc) is 2.50. The number of nitrogens with one attached hydrogen (secondary N) is 1. The molecule has 1 heterocycles. The van der Waals surface area contributed by atoms with E-state index in [1.54, 1.807) is 6.92 Å². The Bertz CT molecular complexity index is 423. The zero-order chi connectivity index (χ0) is 13.2. The molecule has 98 valence electrons. The molecule has 3 heteroatoms. The monoisotopic (exact) mass is 246 g/mol. The summed E-state index contributed by atoms with van der Waals surface area (Å²) in [5.74, 6) is 0.123. The summed E-state index contributed by atoms with van der Waals surface area (Å²) in [4.78, 5) is 13.7. The van der Waals surface area contributed by atoms with E-state index in [4.69, 9.17) is 0 Å². The number of carbonyl (C=O) groups excluding carboxylic acids is 1. The van der Waals surface area contributed by atoms with Crippen molar-refractivity contribution >= 4 is 11.5 Å². The largest absolute Gasteiger partial charge is 0.365 e. The van der Waals surface area contributed by atoms with E-state index in [0.717, 1.165) is 31.6 Å². The third-order valence-corrected chi connectivity index (χ3v) is 3.74. The zero-order valence-electron chi connectivity index (χ0n) is 11.5. The lowest BCUT2D eigenvalue weighted by atomic mass is 9.97. The molecule has 1 saturated heterocycles. The Labute approximate surface area is 109 Å². The Kier molecular flexibility index (Phi) is 3.71. The number of anilines is 1. The summed E-state index contributed by atoms with van der Waals surface area (Å²) in [6, 6.07) is 7.96. The Morgan fingerprint density at radius 3 is 2.50 bits per heavy atom. The van der Waals surface area contributed by atoms with Crippen LogP contribution in [0.4, 0.5) is 5.69 Å². The van der Waals surface area contributed by atoms with Crippen molar-refractivity contribution in [3.63, 3.8) is 0 Å². The number of carbonyl (C=O) groups is 1. The van der Waals surface area contributed by atoms with Crippen LogP contribution in [0.3, 0.4) is 0 Å². The van der Waals surface area contributed by atoms with E-state index in [9.17, 15) is 4.79 Å². The van der Waals surface area contributed by atoms with Gasteiger partial charge in [-0.1, -0.05) is 0 Å². The van der Waals surface area contributed by atoms with Gasteiger partial charge in [-0.3, -0.25) is 4.79 Å². The molecule has 3 nitrogen and oxygen atoms in total. The summed E-state index contributed by atoms with van der Waals surface area (Å²) in [6.45, 7) is 9.24. The molecule has 1 aromatic carbocycles. The van der Waals surface area contributed by atoms with E-state index in [2.05, 4.69) is 36.2 Å². The molecule has 1 N–H and O–H groups in total. The van der Waals surface area contributed by atoms with E-state index in [0.29, 0.717) is 0 Å². The fraction of sp³-hybridized carbons (Fsp3) is 0.533. The molecule has 0 radical (unpaired) electrons. The van der Waals surface area contributed by atoms with Crippen LogP contribution in [0, 0.1) is 0 Å². The minimum absolute atomic E-state index is 0.123. The number of hydrogen-bond acceptors (Lipinski definition) is 3. The second-order valence-electron chi connectivity index (χ2n) is 5.57. The molecule has 18 heavy (non-hydrogen) atoms. The van der Waals surface area contributed by atoms with Crippen molar-refractivity contribution in [1.82, 2.24) is 5.32 Å². The van der Waals surface area contributed by atoms with Gasteiger partial charge < -0.3 is 10.2 Å². The van der Waals surface area contributed by atoms with Gasteiger partial charge in [-0.2, -0.15) is 0 Å². The van der Waals surface area contributed by atoms with Crippen molar-refractivity contribution in [2.24, 2.45) is 0 Å². The highest BCUT2D eigenvalue weighted by Crippen LogP contribution is 2.27. The number of ketones is 1. The molecule has 0 atom stereocenters. The second kappa shape index (κ2) is 5.11. The van der Waals surface area contributed by atoms with Crippen LogP contribution < -0.4 is 10.2 Å². The summed E-state index contributed by atoms with van der Waals surface area (Å²) in [5.41, 5.74) is 2.14. The highest BCUT2D eigenvalue weighted by molar-refractivity contribution is 5.94. The van der Waals surface area contributed by atoms with Gasteiger partial charge in [0.2, 0.25) is 0 Å². The smallest absolute Gasteiger partial charge is 0.159 e. The predicted molar refractivity (Wildman–Crippen MR) is 75.4 cm³/mol. The van der Waals surface area contributed by atoms with E-state index >= 15 is 0 Å². The normalized spacial score (nSPS) is 19.4. The minimum Gasteiger partial charge on any atom is -0.365 e. The lowest BCUT2D eigenvalue weighted by Crippen LogP contribution is -2.44. The van der Waals surface area contributed by atoms with Gasteiger partial charge in [0.05, 0.1) is 0 Å². The van der Waals surface area contributed by atoms with E-state index in [1.165, 1.54) is 5.69 Å². The first kappa shape index (κ1) is 13.1. The molecular weight excluding hydrogens is 224 g/mol. The van der Waals surface area contributed by atoms with Crippen LogP contribution >= 0.6 is 0 Å². The SMILES string of the molecule is CC(=O)c1ccc(N2CCNCCC2(C)C)cc1. The maximum absolute atomic E-state index is 11.3. The third kappa shape index (κ3) is 2.72. The summed E-state index contributed by atoms with van der Waals surface area (Å²) in [6.07, 6.45) is 1.13. The molecule has 1 aliphatic heterocycles. The van der Waals surface area contributed by atoms with Crippen LogP contribution in [-0.2, 0) is 0 Å². The number of rotatable bonds is 2. The zero-order valence-corrected chi connectivity index (χ0v) is 11.5. The van der Waals surface area contributed by atoms with Gasteiger partial charge in [-0.05, 0) is 58.0 Å². The fourth-order valence-electron chi connectivity index (χ4n) is 2.50. The summed E-state index contributed by atoms with van der Waals surface area (Å²) in [5, 5.41) is 3.44. The topological polar surface area (TPSA) is 32.3 Å². The third-order valence-electron chi connectivity index (χ3n) is 3.74. The van der Waals surface area contributed by atoms with Crippen molar-refractivity contribution < 1.29 is 4.79 Å². The predicted octanol–water partition coefficient (Wildman–Crippen LogP) is 2.47. The molecule has 2 rings (SSSR count). The van der Waals surface area contributed by atoms with Gasteiger partial charge in [0.15, 0.2) is 5.78 Å². The molecule has 0 spiro atoms. The van der Waals surface area contributed by atoms with Crippen molar-refractivity contribution in [3.8, 4) is 0 Å². The first-order valence-electron chi connectivity index (χ1n) is 6.60. The van der Waals surface area contributed by atoms with Crippen LogP contribution in [-0.4, -0.2) is 31.0 Å². The van der Waals surface area contributed by atoms with Gasteiger partial charge in [-0.25, -0.2) is 0 Å². The standard InChI is InChI=1S/C15H22N2O/c1-12(18)13-4-6-14(7-5-13)17-11-10-16-9-8-15(17,2)3/h4-7,16H,8-11H2,1-3H3. The molecule has 0 aliphatic carbocycles. The van der Waals surface area contributed by atoms with Crippen LogP contribution in [0.15, 0.2) is 24.3 Å². The van der Waals surface area contributed by atoms with E-state index in [-0.39, 0.29) is 11.3 Å². The summed E-state index contributed by atoms with van der Waals surface area (Å²) < 4.78 is 0.